The molecule has 0 fully saturated rings. The highest BCUT2D eigenvalue weighted by molar-refractivity contribution is 5.79. The maximum absolute atomic E-state index is 11.9. The molecule has 0 aliphatic carbocycles. The van der Waals surface area contributed by atoms with Crippen LogP contribution in [-0.2, 0) is 4.79 Å². The zero-order valence-electron chi connectivity index (χ0n) is 10.7. The maximum Gasteiger partial charge on any atom is 0.317 e. The fourth-order valence-electron chi connectivity index (χ4n) is 1.09. The Hall–Kier alpha value is -1.64. The van der Waals surface area contributed by atoms with Crippen LogP contribution in [0.3, 0.4) is 0 Å². The molecule has 1 aromatic carbocycles. The van der Waals surface area contributed by atoms with E-state index in [2.05, 4.69) is 0 Å². The molecule has 0 N–H and O–H groups in total. The minimum Gasteiger partial charge on any atom is -0.426 e. The molecule has 0 aliphatic heterocycles. The van der Waals surface area contributed by atoms with Gasteiger partial charge in [-0.25, -0.2) is 0 Å². The molecule has 0 saturated heterocycles. The van der Waals surface area contributed by atoms with Gasteiger partial charge in [0.1, 0.15) is 12.0 Å². The van der Waals surface area contributed by atoms with Crippen molar-refractivity contribution in [3.8, 4) is 5.75 Å². The van der Waals surface area contributed by atoms with E-state index < -0.39 is 5.41 Å². The van der Waals surface area contributed by atoms with E-state index in [9.17, 15) is 9.59 Å². The second kappa shape index (κ2) is 5.13. The SMILES string of the molecule is CC(C)C(C)(C)C(=O)Oc1ccc(C=O)cc1. The number of rotatable bonds is 4. The van der Waals surface area contributed by atoms with Crippen molar-refractivity contribution in [3.63, 3.8) is 0 Å². The van der Waals surface area contributed by atoms with Crippen molar-refractivity contribution in [1.29, 1.82) is 0 Å². The Morgan fingerprint density at radius 1 is 1.24 bits per heavy atom. The predicted molar refractivity (Wildman–Crippen MR) is 66.1 cm³/mol. The van der Waals surface area contributed by atoms with Gasteiger partial charge in [-0.15, -0.1) is 0 Å². The van der Waals surface area contributed by atoms with Gasteiger partial charge < -0.3 is 4.74 Å². The van der Waals surface area contributed by atoms with Crippen LogP contribution < -0.4 is 4.74 Å². The van der Waals surface area contributed by atoms with Gasteiger partial charge in [-0.2, -0.15) is 0 Å². The van der Waals surface area contributed by atoms with Gasteiger partial charge in [0, 0.05) is 5.56 Å². The number of carbonyl (C=O) groups is 2. The molecule has 3 heteroatoms. The first kappa shape index (κ1) is 13.4. The first-order valence-corrected chi connectivity index (χ1v) is 5.65. The lowest BCUT2D eigenvalue weighted by molar-refractivity contribution is -0.146. The molecule has 0 atom stereocenters. The minimum absolute atomic E-state index is 0.198. The number of hydrogen-bond acceptors (Lipinski definition) is 3. The van der Waals surface area contributed by atoms with Gasteiger partial charge >= 0.3 is 5.97 Å². The summed E-state index contributed by atoms with van der Waals surface area (Å²) in [4.78, 5) is 22.4. The fraction of sp³-hybridized carbons (Fsp3) is 0.429. The smallest absolute Gasteiger partial charge is 0.317 e. The van der Waals surface area contributed by atoms with Crippen LogP contribution in [0, 0.1) is 11.3 Å². The monoisotopic (exact) mass is 234 g/mol. The van der Waals surface area contributed by atoms with Crippen LogP contribution >= 0.6 is 0 Å². The summed E-state index contributed by atoms with van der Waals surface area (Å²) >= 11 is 0. The van der Waals surface area contributed by atoms with Crippen molar-refractivity contribution in [2.24, 2.45) is 11.3 Å². The average molecular weight is 234 g/mol. The van der Waals surface area contributed by atoms with E-state index in [1.54, 1.807) is 24.3 Å². The molecule has 0 spiro atoms. The second-order valence-corrected chi connectivity index (χ2v) is 4.95. The van der Waals surface area contributed by atoms with Crippen molar-refractivity contribution in [2.75, 3.05) is 0 Å². The largest absolute Gasteiger partial charge is 0.426 e. The van der Waals surface area contributed by atoms with Crippen molar-refractivity contribution >= 4 is 12.3 Å². The molecule has 1 rings (SSSR count). The summed E-state index contributed by atoms with van der Waals surface area (Å²) in [5.74, 6) is 0.407. The Balaban J connectivity index is 2.77. The van der Waals surface area contributed by atoms with Gasteiger partial charge in [-0.05, 0) is 44.0 Å². The standard InChI is InChI=1S/C14H18O3/c1-10(2)14(3,4)13(16)17-12-7-5-11(9-15)6-8-12/h5-10H,1-4H3. The lowest BCUT2D eigenvalue weighted by Gasteiger charge is -2.26. The Labute approximate surface area is 102 Å². The number of ether oxygens (including phenoxy) is 1. The van der Waals surface area contributed by atoms with Gasteiger partial charge in [0.15, 0.2) is 0 Å². The summed E-state index contributed by atoms with van der Waals surface area (Å²) in [5.41, 5.74) is 0.0384. The van der Waals surface area contributed by atoms with E-state index in [1.807, 2.05) is 27.7 Å². The molecule has 17 heavy (non-hydrogen) atoms. The summed E-state index contributed by atoms with van der Waals surface area (Å²) in [7, 11) is 0. The number of aldehydes is 1. The van der Waals surface area contributed by atoms with Gasteiger partial charge in [0.05, 0.1) is 5.41 Å². The highest BCUT2D eigenvalue weighted by atomic mass is 16.5. The summed E-state index contributed by atoms with van der Waals surface area (Å²) < 4.78 is 5.29. The van der Waals surface area contributed by atoms with E-state index in [0.717, 1.165) is 6.29 Å². The number of carbonyl (C=O) groups excluding carboxylic acids is 2. The van der Waals surface area contributed by atoms with Crippen LogP contribution in [0.4, 0.5) is 0 Å². The second-order valence-electron chi connectivity index (χ2n) is 4.95. The molecule has 0 aromatic heterocycles. The molecule has 0 aliphatic rings. The van der Waals surface area contributed by atoms with E-state index in [1.165, 1.54) is 0 Å². The zero-order valence-corrected chi connectivity index (χ0v) is 10.7. The number of hydrogen-bond donors (Lipinski definition) is 0. The summed E-state index contributed by atoms with van der Waals surface area (Å²) in [6, 6.07) is 6.49. The van der Waals surface area contributed by atoms with Crippen LogP contribution in [0.1, 0.15) is 38.1 Å². The first-order chi connectivity index (χ1) is 7.87. The van der Waals surface area contributed by atoms with Gasteiger partial charge in [-0.3, -0.25) is 9.59 Å². The van der Waals surface area contributed by atoms with Crippen LogP contribution in [0.25, 0.3) is 0 Å². The molecule has 1 aromatic rings. The summed E-state index contributed by atoms with van der Waals surface area (Å²) in [5, 5.41) is 0. The normalized spacial score (nSPS) is 11.4. The maximum atomic E-state index is 11.9. The molecule has 3 nitrogen and oxygen atoms in total. The quantitative estimate of drug-likeness (QED) is 0.457. The molecule has 0 radical (unpaired) electrons. The molecule has 0 bridgehead atoms. The first-order valence-electron chi connectivity index (χ1n) is 5.65. The van der Waals surface area contributed by atoms with Crippen LogP contribution in [0.2, 0.25) is 0 Å². The number of esters is 1. The van der Waals surface area contributed by atoms with Crippen molar-refractivity contribution in [3.05, 3.63) is 29.8 Å². The van der Waals surface area contributed by atoms with Crippen molar-refractivity contribution < 1.29 is 14.3 Å². The number of benzene rings is 1. The summed E-state index contributed by atoms with van der Waals surface area (Å²) in [6.45, 7) is 7.69. The highest BCUT2D eigenvalue weighted by Gasteiger charge is 2.33. The third kappa shape index (κ3) is 3.16. The van der Waals surface area contributed by atoms with Crippen LogP contribution in [0.15, 0.2) is 24.3 Å². The Bertz CT molecular complexity index is 402. The summed E-state index contributed by atoms with van der Waals surface area (Å²) in [6.07, 6.45) is 0.754. The van der Waals surface area contributed by atoms with Crippen molar-refractivity contribution in [2.45, 2.75) is 27.7 Å². The Morgan fingerprint density at radius 2 is 1.76 bits per heavy atom. The minimum atomic E-state index is -0.524. The molecule has 0 heterocycles. The average Bonchev–Trinajstić information content (AvgIpc) is 2.29. The van der Waals surface area contributed by atoms with E-state index in [0.29, 0.717) is 11.3 Å². The van der Waals surface area contributed by atoms with Gasteiger partial charge in [0.2, 0.25) is 0 Å². The molecule has 0 unspecified atom stereocenters. The third-order valence-electron chi connectivity index (χ3n) is 3.20. The van der Waals surface area contributed by atoms with Crippen molar-refractivity contribution in [1.82, 2.24) is 0 Å². The lowest BCUT2D eigenvalue weighted by atomic mass is 9.81. The van der Waals surface area contributed by atoms with E-state index in [-0.39, 0.29) is 11.9 Å². The predicted octanol–water partition coefficient (Wildman–Crippen LogP) is 3.09. The van der Waals surface area contributed by atoms with Gasteiger partial charge in [-0.1, -0.05) is 13.8 Å². The molecule has 92 valence electrons. The third-order valence-corrected chi connectivity index (χ3v) is 3.20. The van der Waals surface area contributed by atoms with Crippen LogP contribution in [-0.4, -0.2) is 12.3 Å². The lowest BCUT2D eigenvalue weighted by Crippen LogP contribution is -2.33. The molecule has 0 saturated carbocycles. The Kier molecular flexibility index (Phi) is 4.05. The highest BCUT2D eigenvalue weighted by Crippen LogP contribution is 2.28. The van der Waals surface area contributed by atoms with E-state index >= 15 is 0 Å². The molecular formula is C14H18O3. The fourth-order valence-corrected chi connectivity index (χ4v) is 1.09. The van der Waals surface area contributed by atoms with Crippen LogP contribution in [0.5, 0.6) is 5.75 Å². The molecule has 0 amide bonds. The Morgan fingerprint density at radius 3 is 2.18 bits per heavy atom. The zero-order chi connectivity index (χ0) is 13.1. The topological polar surface area (TPSA) is 43.4 Å². The van der Waals surface area contributed by atoms with E-state index in [4.69, 9.17) is 4.74 Å². The van der Waals surface area contributed by atoms with Gasteiger partial charge in [0.25, 0.3) is 0 Å². The molecular weight excluding hydrogens is 216 g/mol.